The van der Waals surface area contributed by atoms with Gasteiger partial charge >= 0.3 is 0 Å². The van der Waals surface area contributed by atoms with Crippen molar-refractivity contribution >= 4 is 38.2 Å². The van der Waals surface area contributed by atoms with Crippen LogP contribution in [0, 0.1) is 6.92 Å². The monoisotopic (exact) mass is 441 g/mol. The van der Waals surface area contributed by atoms with E-state index in [0.29, 0.717) is 28.5 Å². The van der Waals surface area contributed by atoms with E-state index in [9.17, 15) is 13.2 Å². The Balaban J connectivity index is 1.80. The molecule has 12 heteroatoms. The van der Waals surface area contributed by atoms with Gasteiger partial charge in [-0.3, -0.25) is 9.52 Å². The second-order valence-electron chi connectivity index (χ2n) is 6.74. The van der Waals surface area contributed by atoms with Crippen molar-refractivity contribution in [3.8, 4) is 11.4 Å². The van der Waals surface area contributed by atoms with Crippen LogP contribution in [0.1, 0.15) is 5.69 Å². The van der Waals surface area contributed by atoms with Crippen LogP contribution in [-0.4, -0.2) is 46.5 Å². The van der Waals surface area contributed by atoms with Crippen LogP contribution in [0.2, 0.25) is 0 Å². The maximum Gasteiger partial charge on any atom is 0.291 e. The number of H-pyrrole nitrogens is 1. The molecule has 0 aliphatic carbocycles. The third kappa shape index (κ3) is 4.19. The number of aromatic amines is 1. The zero-order valence-electron chi connectivity index (χ0n) is 16.9. The molecule has 0 aliphatic rings. The Morgan fingerprint density at radius 3 is 2.71 bits per heavy atom. The van der Waals surface area contributed by atoms with Gasteiger partial charge in [-0.2, -0.15) is 5.10 Å². The van der Waals surface area contributed by atoms with Crippen LogP contribution >= 0.6 is 0 Å². The molecule has 4 aromatic rings. The number of hydrogen-bond donors (Lipinski definition) is 3. The van der Waals surface area contributed by atoms with Crippen molar-refractivity contribution in [3.05, 3.63) is 58.9 Å². The van der Waals surface area contributed by atoms with Crippen LogP contribution < -0.4 is 20.3 Å². The number of anilines is 3. The fourth-order valence-corrected chi connectivity index (χ4v) is 3.66. The summed E-state index contributed by atoms with van der Waals surface area (Å²) in [6, 6.07) is 6.64. The summed E-state index contributed by atoms with van der Waals surface area (Å²) >= 11 is 0. The van der Waals surface area contributed by atoms with Gasteiger partial charge in [0.2, 0.25) is 10.0 Å². The lowest BCUT2D eigenvalue weighted by atomic mass is 10.2. The Bertz CT molecular complexity index is 1440. The molecule has 0 saturated heterocycles. The van der Waals surface area contributed by atoms with E-state index in [1.807, 2.05) is 6.92 Å². The number of nitrogens with zero attached hydrogens (tertiary/aromatic N) is 4. The van der Waals surface area contributed by atoms with Gasteiger partial charge in [0.05, 0.1) is 30.3 Å². The number of ether oxygens (including phenoxy) is 1. The van der Waals surface area contributed by atoms with Crippen LogP contribution in [-0.2, 0) is 10.0 Å². The number of methoxy groups -OCH3 is 1. The van der Waals surface area contributed by atoms with Crippen molar-refractivity contribution in [2.75, 3.05) is 23.4 Å². The Morgan fingerprint density at radius 2 is 2.00 bits per heavy atom. The minimum Gasteiger partial charge on any atom is -0.494 e. The molecule has 0 fully saturated rings. The Hall–Kier alpha value is -3.93. The molecule has 0 saturated carbocycles. The first-order chi connectivity index (χ1) is 14.7. The highest BCUT2D eigenvalue weighted by atomic mass is 32.2. The molecule has 0 atom stereocenters. The summed E-state index contributed by atoms with van der Waals surface area (Å²) in [4.78, 5) is 22.8. The number of hydrogen-bond acceptors (Lipinski definition) is 8. The number of rotatable bonds is 6. The van der Waals surface area contributed by atoms with E-state index >= 15 is 0 Å². The van der Waals surface area contributed by atoms with E-state index in [1.54, 1.807) is 35.1 Å². The maximum atomic E-state index is 11.9. The van der Waals surface area contributed by atoms with Crippen LogP contribution in [0.3, 0.4) is 0 Å². The number of fused-ring (bicyclic) bond motifs is 1. The average molecular weight is 441 g/mol. The van der Waals surface area contributed by atoms with E-state index in [1.165, 1.54) is 19.5 Å². The highest BCUT2D eigenvalue weighted by molar-refractivity contribution is 7.92. The molecule has 0 aliphatic heterocycles. The van der Waals surface area contributed by atoms with Crippen molar-refractivity contribution in [1.82, 2.24) is 24.7 Å². The number of sulfonamides is 1. The number of nitrogens with one attached hydrogen (secondary N) is 3. The summed E-state index contributed by atoms with van der Waals surface area (Å²) in [6.45, 7) is 1.85. The fraction of sp³-hybridized carbons (Fsp3) is 0.158. The number of pyridine rings is 1. The smallest absolute Gasteiger partial charge is 0.291 e. The highest BCUT2D eigenvalue weighted by Crippen LogP contribution is 2.31. The Kier molecular flexibility index (Phi) is 5.07. The molecule has 0 bridgehead atoms. The first-order valence-corrected chi connectivity index (χ1v) is 11.0. The van der Waals surface area contributed by atoms with Crippen molar-refractivity contribution < 1.29 is 13.2 Å². The molecule has 4 rings (SSSR count). The second kappa shape index (κ2) is 7.72. The first-order valence-electron chi connectivity index (χ1n) is 9.07. The van der Waals surface area contributed by atoms with Gasteiger partial charge in [-0.1, -0.05) is 0 Å². The minimum atomic E-state index is -3.43. The summed E-state index contributed by atoms with van der Waals surface area (Å²) < 4.78 is 32.6. The molecule has 160 valence electrons. The molecule has 1 aromatic carbocycles. The van der Waals surface area contributed by atoms with Crippen molar-refractivity contribution in [1.29, 1.82) is 0 Å². The molecular formula is C19H19N7O4S. The quantitative estimate of drug-likeness (QED) is 0.412. The topological polar surface area (TPSA) is 144 Å². The zero-order chi connectivity index (χ0) is 22.2. The lowest BCUT2D eigenvalue weighted by molar-refractivity contribution is 0.412. The van der Waals surface area contributed by atoms with E-state index in [0.717, 1.165) is 17.3 Å². The molecule has 3 aromatic heterocycles. The number of aromatic nitrogens is 5. The van der Waals surface area contributed by atoms with Crippen molar-refractivity contribution in [2.24, 2.45) is 0 Å². The maximum absolute atomic E-state index is 11.9. The molecule has 0 radical (unpaired) electrons. The van der Waals surface area contributed by atoms with Gasteiger partial charge in [0.15, 0.2) is 5.82 Å². The van der Waals surface area contributed by atoms with Crippen LogP contribution in [0.5, 0.6) is 5.75 Å². The molecule has 11 nitrogen and oxygen atoms in total. The fourth-order valence-electron chi connectivity index (χ4n) is 3.10. The molecule has 3 N–H and O–H groups in total. The predicted octanol–water partition coefficient (Wildman–Crippen LogP) is 1.94. The van der Waals surface area contributed by atoms with Gasteiger partial charge < -0.3 is 15.0 Å². The Labute approximate surface area is 177 Å². The zero-order valence-corrected chi connectivity index (χ0v) is 17.7. The van der Waals surface area contributed by atoms with Crippen LogP contribution in [0.15, 0.2) is 47.7 Å². The van der Waals surface area contributed by atoms with Gasteiger partial charge in [0.25, 0.3) is 5.56 Å². The van der Waals surface area contributed by atoms with Crippen molar-refractivity contribution in [2.45, 2.75) is 6.92 Å². The van der Waals surface area contributed by atoms with Gasteiger partial charge in [-0.15, -0.1) is 0 Å². The Morgan fingerprint density at radius 1 is 1.19 bits per heavy atom. The SMILES string of the molecule is COc1cc(NS(C)(=O)=O)ccc1-n1nc(C)c2cnc(Nc3ncc[nH]c3=O)cc21. The normalized spacial score (nSPS) is 11.5. The lowest BCUT2D eigenvalue weighted by Crippen LogP contribution is -2.13. The van der Waals surface area contributed by atoms with E-state index in [2.05, 4.69) is 30.1 Å². The summed E-state index contributed by atoms with van der Waals surface area (Å²) in [5, 5.41) is 8.29. The van der Waals surface area contributed by atoms with Crippen LogP contribution in [0.25, 0.3) is 16.6 Å². The molecular weight excluding hydrogens is 422 g/mol. The molecule has 31 heavy (non-hydrogen) atoms. The highest BCUT2D eigenvalue weighted by Gasteiger charge is 2.16. The molecule has 0 amide bonds. The standard InChI is InChI=1S/C19H19N7O4S/c1-11-13-10-22-17(23-18-19(27)21-7-6-20-18)9-15(13)26(24-11)14-5-4-12(8-16(14)30-2)25-31(3,28)29/h4-10,25H,1-3H3,(H,21,27)(H,20,22,23). The largest absolute Gasteiger partial charge is 0.494 e. The average Bonchev–Trinajstić information content (AvgIpc) is 3.04. The van der Waals surface area contributed by atoms with E-state index in [-0.39, 0.29) is 11.4 Å². The van der Waals surface area contributed by atoms with Crippen molar-refractivity contribution in [3.63, 3.8) is 0 Å². The molecule has 0 unspecified atom stereocenters. The molecule has 3 heterocycles. The van der Waals surface area contributed by atoms with Gasteiger partial charge in [-0.05, 0) is 19.1 Å². The predicted molar refractivity (Wildman–Crippen MR) is 117 cm³/mol. The summed E-state index contributed by atoms with van der Waals surface area (Å²) in [5.74, 6) is 0.948. The minimum absolute atomic E-state index is 0.117. The first kappa shape index (κ1) is 20.3. The summed E-state index contributed by atoms with van der Waals surface area (Å²) in [7, 11) is -1.94. The summed E-state index contributed by atoms with van der Waals surface area (Å²) in [5.41, 5.74) is 2.06. The third-order valence-electron chi connectivity index (χ3n) is 4.42. The van der Waals surface area contributed by atoms with E-state index in [4.69, 9.17) is 4.74 Å². The molecule has 0 spiro atoms. The van der Waals surface area contributed by atoms with Gasteiger partial charge in [-0.25, -0.2) is 23.1 Å². The summed E-state index contributed by atoms with van der Waals surface area (Å²) in [6.07, 6.45) is 5.64. The second-order valence-corrected chi connectivity index (χ2v) is 8.49. The number of benzene rings is 1. The third-order valence-corrected chi connectivity index (χ3v) is 5.02. The lowest BCUT2D eigenvalue weighted by Gasteiger charge is -2.12. The van der Waals surface area contributed by atoms with Crippen LogP contribution in [0.4, 0.5) is 17.3 Å². The van der Waals surface area contributed by atoms with Gasteiger partial charge in [0.1, 0.15) is 17.3 Å². The number of aryl methyl sites for hydroxylation is 1. The van der Waals surface area contributed by atoms with E-state index < -0.39 is 10.0 Å². The van der Waals surface area contributed by atoms with Gasteiger partial charge in [0, 0.05) is 36.1 Å².